The normalized spacial score (nSPS) is 17.1. The van der Waals surface area contributed by atoms with Gasteiger partial charge in [0, 0.05) is 24.6 Å². The van der Waals surface area contributed by atoms with E-state index in [1.807, 2.05) is 0 Å². The van der Waals surface area contributed by atoms with E-state index in [4.69, 9.17) is 4.74 Å². The average Bonchev–Trinajstić information content (AvgIpc) is 3.07. The van der Waals surface area contributed by atoms with Gasteiger partial charge in [0.25, 0.3) is 0 Å². The van der Waals surface area contributed by atoms with Crippen molar-refractivity contribution < 1.29 is 9.84 Å². The van der Waals surface area contributed by atoms with E-state index in [9.17, 15) is 5.11 Å². The molecule has 102 valence electrons. The Morgan fingerprint density at radius 2 is 2.39 bits per heavy atom. The van der Waals surface area contributed by atoms with Crippen LogP contribution in [0.4, 0.5) is 0 Å². The van der Waals surface area contributed by atoms with E-state index in [-0.39, 0.29) is 0 Å². The first-order valence-corrected chi connectivity index (χ1v) is 7.97. The van der Waals surface area contributed by atoms with Gasteiger partial charge in [-0.2, -0.15) is 0 Å². The molecule has 1 aromatic heterocycles. The minimum absolute atomic E-state index is 0.409. The zero-order valence-corrected chi connectivity index (χ0v) is 13.0. The standard InChI is InChI=1S/C13H20BrNO2S/c1-9-4-12(18-13(9)14)6-15-5-11(16)8-17-7-10-2-3-10/h4,10-11,15-16H,2-3,5-8H2,1H3. The molecule has 1 unspecified atom stereocenters. The van der Waals surface area contributed by atoms with Crippen molar-refractivity contribution in [1.82, 2.24) is 5.32 Å². The van der Waals surface area contributed by atoms with Crippen molar-refractivity contribution in [2.24, 2.45) is 5.92 Å². The van der Waals surface area contributed by atoms with Crippen LogP contribution in [0, 0.1) is 12.8 Å². The summed E-state index contributed by atoms with van der Waals surface area (Å²) < 4.78 is 6.64. The lowest BCUT2D eigenvalue weighted by atomic mass is 10.3. The third kappa shape index (κ3) is 4.97. The zero-order valence-electron chi connectivity index (χ0n) is 10.6. The van der Waals surface area contributed by atoms with Gasteiger partial charge in [-0.3, -0.25) is 0 Å². The van der Waals surface area contributed by atoms with Crippen LogP contribution in [0.15, 0.2) is 9.85 Å². The van der Waals surface area contributed by atoms with Crippen molar-refractivity contribution in [3.05, 3.63) is 20.3 Å². The highest BCUT2D eigenvalue weighted by Gasteiger charge is 2.21. The van der Waals surface area contributed by atoms with E-state index < -0.39 is 6.10 Å². The van der Waals surface area contributed by atoms with Crippen LogP contribution in [0.5, 0.6) is 0 Å². The van der Waals surface area contributed by atoms with Gasteiger partial charge in [-0.05, 0) is 53.2 Å². The number of nitrogens with one attached hydrogen (secondary N) is 1. The molecule has 1 aliphatic rings. The SMILES string of the molecule is Cc1cc(CNCC(O)COCC2CC2)sc1Br. The van der Waals surface area contributed by atoms with Crippen molar-refractivity contribution in [3.63, 3.8) is 0 Å². The lowest BCUT2D eigenvalue weighted by Gasteiger charge is -2.11. The predicted octanol–water partition coefficient (Wildman–Crippen LogP) is 2.70. The summed E-state index contributed by atoms with van der Waals surface area (Å²) in [7, 11) is 0. The molecule has 0 spiro atoms. The van der Waals surface area contributed by atoms with Gasteiger partial charge in [-0.1, -0.05) is 0 Å². The molecule has 0 bridgehead atoms. The fourth-order valence-corrected chi connectivity index (χ4v) is 3.28. The van der Waals surface area contributed by atoms with Gasteiger partial charge in [0.1, 0.15) is 0 Å². The Morgan fingerprint density at radius 1 is 1.61 bits per heavy atom. The summed E-state index contributed by atoms with van der Waals surface area (Å²) in [5.74, 6) is 0.761. The highest BCUT2D eigenvalue weighted by atomic mass is 79.9. The van der Waals surface area contributed by atoms with Gasteiger partial charge >= 0.3 is 0 Å². The van der Waals surface area contributed by atoms with Crippen molar-refractivity contribution in [2.45, 2.75) is 32.4 Å². The largest absolute Gasteiger partial charge is 0.389 e. The number of hydrogen-bond acceptors (Lipinski definition) is 4. The smallest absolute Gasteiger partial charge is 0.0897 e. The summed E-state index contributed by atoms with van der Waals surface area (Å²) in [5, 5.41) is 13.0. The number of aliphatic hydroxyl groups is 1. The molecule has 1 heterocycles. The Hall–Kier alpha value is 0.0600. The van der Waals surface area contributed by atoms with Gasteiger partial charge in [0.05, 0.1) is 16.5 Å². The van der Waals surface area contributed by atoms with Crippen LogP contribution in [0.3, 0.4) is 0 Å². The molecule has 0 saturated heterocycles. The van der Waals surface area contributed by atoms with Crippen LogP contribution in [0.1, 0.15) is 23.3 Å². The van der Waals surface area contributed by atoms with Crippen LogP contribution in [-0.4, -0.2) is 31.0 Å². The second-order valence-corrected chi connectivity index (χ2v) is 7.39. The molecule has 18 heavy (non-hydrogen) atoms. The maximum Gasteiger partial charge on any atom is 0.0897 e. The first-order valence-electron chi connectivity index (χ1n) is 6.36. The van der Waals surface area contributed by atoms with Crippen molar-refractivity contribution in [1.29, 1.82) is 0 Å². The summed E-state index contributed by atoms with van der Waals surface area (Å²) in [4.78, 5) is 1.28. The third-order valence-electron chi connectivity index (χ3n) is 2.95. The third-order valence-corrected chi connectivity index (χ3v) is 5.08. The van der Waals surface area contributed by atoms with E-state index in [1.165, 1.54) is 27.1 Å². The van der Waals surface area contributed by atoms with E-state index in [2.05, 4.69) is 34.2 Å². The molecule has 0 aliphatic heterocycles. The summed E-state index contributed by atoms with van der Waals surface area (Å²) in [6.45, 7) is 4.73. The minimum Gasteiger partial charge on any atom is -0.389 e. The highest BCUT2D eigenvalue weighted by molar-refractivity contribution is 9.11. The molecule has 2 rings (SSSR count). The van der Waals surface area contributed by atoms with Gasteiger partial charge < -0.3 is 15.2 Å². The van der Waals surface area contributed by atoms with E-state index in [0.29, 0.717) is 13.2 Å². The van der Waals surface area contributed by atoms with Crippen LogP contribution in [0.25, 0.3) is 0 Å². The quantitative estimate of drug-likeness (QED) is 0.768. The van der Waals surface area contributed by atoms with Gasteiger partial charge in [-0.15, -0.1) is 11.3 Å². The maximum atomic E-state index is 9.73. The Balaban J connectivity index is 1.56. The monoisotopic (exact) mass is 333 g/mol. The molecule has 0 aromatic carbocycles. The predicted molar refractivity (Wildman–Crippen MR) is 78.0 cm³/mol. The van der Waals surface area contributed by atoms with E-state index >= 15 is 0 Å². The van der Waals surface area contributed by atoms with Crippen molar-refractivity contribution >= 4 is 27.3 Å². The molecule has 1 saturated carbocycles. The molecular formula is C13H20BrNO2S. The van der Waals surface area contributed by atoms with Crippen LogP contribution < -0.4 is 5.32 Å². The molecule has 1 fully saturated rings. The minimum atomic E-state index is -0.409. The number of ether oxygens (including phenoxy) is 1. The Kier molecular flexibility index (Phi) is 5.63. The summed E-state index contributed by atoms with van der Waals surface area (Å²) >= 11 is 5.25. The Labute approximate surface area is 121 Å². The second kappa shape index (κ2) is 7.01. The average molecular weight is 334 g/mol. The molecule has 1 aliphatic carbocycles. The summed E-state index contributed by atoms with van der Waals surface area (Å²) in [6, 6.07) is 2.16. The Morgan fingerprint density at radius 3 is 3.00 bits per heavy atom. The number of aliphatic hydroxyl groups excluding tert-OH is 1. The number of rotatable bonds is 8. The van der Waals surface area contributed by atoms with E-state index in [1.54, 1.807) is 11.3 Å². The Bertz CT molecular complexity index is 360. The van der Waals surface area contributed by atoms with Crippen LogP contribution in [0.2, 0.25) is 0 Å². The molecular weight excluding hydrogens is 314 g/mol. The molecule has 3 nitrogen and oxygen atoms in total. The number of hydrogen-bond donors (Lipinski definition) is 2. The number of halogens is 1. The number of thiophene rings is 1. The summed E-state index contributed by atoms with van der Waals surface area (Å²) in [5.41, 5.74) is 1.27. The number of aryl methyl sites for hydroxylation is 1. The second-order valence-electron chi connectivity index (χ2n) is 4.93. The molecule has 0 amide bonds. The fraction of sp³-hybridized carbons (Fsp3) is 0.692. The van der Waals surface area contributed by atoms with Crippen LogP contribution in [-0.2, 0) is 11.3 Å². The molecule has 1 atom stereocenters. The lowest BCUT2D eigenvalue weighted by Crippen LogP contribution is -2.30. The first kappa shape index (κ1) is 14.5. The highest BCUT2D eigenvalue weighted by Crippen LogP contribution is 2.28. The summed E-state index contributed by atoms with van der Waals surface area (Å²) in [6.07, 6.45) is 2.18. The zero-order chi connectivity index (χ0) is 13.0. The van der Waals surface area contributed by atoms with Crippen molar-refractivity contribution in [2.75, 3.05) is 19.8 Å². The first-order chi connectivity index (χ1) is 8.65. The maximum absolute atomic E-state index is 9.73. The van der Waals surface area contributed by atoms with Crippen LogP contribution >= 0.6 is 27.3 Å². The van der Waals surface area contributed by atoms with Crippen molar-refractivity contribution in [3.8, 4) is 0 Å². The molecule has 0 radical (unpaired) electrons. The topological polar surface area (TPSA) is 41.5 Å². The lowest BCUT2D eigenvalue weighted by molar-refractivity contribution is 0.0324. The fourth-order valence-electron chi connectivity index (χ4n) is 1.69. The molecule has 2 N–H and O–H groups in total. The van der Waals surface area contributed by atoms with Gasteiger partial charge in [0.2, 0.25) is 0 Å². The molecule has 5 heteroatoms. The van der Waals surface area contributed by atoms with Gasteiger partial charge in [0.15, 0.2) is 0 Å². The molecule has 1 aromatic rings. The van der Waals surface area contributed by atoms with E-state index in [0.717, 1.165) is 19.1 Å². The van der Waals surface area contributed by atoms with Gasteiger partial charge in [-0.25, -0.2) is 0 Å².